The zero-order valence-electron chi connectivity index (χ0n) is 32.7. The Morgan fingerprint density at radius 3 is 0.785 bits per heavy atom. The Labute approximate surface area is 367 Å². The number of hydrogen-bond donors (Lipinski definition) is 8. The summed E-state index contributed by atoms with van der Waals surface area (Å²) < 4.78 is 24.5. The third-order valence-corrected chi connectivity index (χ3v) is 10.5. The molecule has 4 aromatic carbocycles. The monoisotopic (exact) mass is 910 g/mol. The lowest BCUT2D eigenvalue weighted by molar-refractivity contribution is -0.0693. The fourth-order valence-corrected chi connectivity index (χ4v) is 7.28. The van der Waals surface area contributed by atoms with Crippen molar-refractivity contribution >= 4 is 59.5 Å². The second-order valence-electron chi connectivity index (χ2n) is 13.7. The van der Waals surface area contributed by atoms with Crippen LogP contribution >= 0.6 is 11.8 Å². The lowest BCUT2D eigenvalue weighted by atomic mass is 10.0. The Morgan fingerprint density at radius 2 is 0.600 bits per heavy atom. The SMILES string of the molecule is O=C(O)c1ccc(OC2(Oc3ccc(C(=O)O)c(C(=O)O)c3)C=CC(SC3=CCC(Oc4ccc(C(=O)O)c(C(=O)O)c4)(Oc4ccc(C(=O)O)c(C(=O)O)c4)C=C3)=CC2)cc1C(=O)O. The number of allylic oxidation sites excluding steroid dienone is 2. The molecule has 0 bridgehead atoms. The van der Waals surface area contributed by atoms with Crippen molar-refractivity contribution in [3.63, 3.8) is 0 Å². The minimum absolute atomic E-state index is 0.165. The molecule has 20 nitrogen and oxygen atoms in total. The highest BCUT2D eigenvalue weighted by Gasteiger charge is 2.37. The van der Waals surface area contributed by atoms with Crippen molar-refractivity contribution in [1.82, 2.24) is 0 Å². The van der Waals surface area contributed by atoms with E-state index in [2.05, 4.69) is 0 Å². The molecule has 0 aliphatic heterocycles. The Morgan fingerprint density at radius 1 is 0.369 bits per heavy atom. The molecule has 0 saturated carbocycles. The zero-order chi connectivity index (χ0) is 47.4. The van der Waals surface area contributed by atoms with Crippen molar-refractivity contribution in [3.8, 4) is 23.0 Å². The Kier molecular flexibility index (Phi) is 12.8. The van der Waals surface area contributed by atoms with E-state index in [1.807, 2.05) is 0 Å². The summed E-state index contributed by atoms with van der Waals surface area (Å²) in [6.45, 7) is 0. The Hall–Kier alpha value is -8.85. The van der Waals surface area contributed by atoms with Gasteiger partial charge < -0.3 is 59.8 Å². The van der Waals surface area contributed by atoms with Crippen molar-refractivity contribution in [3.05, 3.63) is 164 Å². The first kappa shape index (κ1) is 45.7. The van der Waals surface area contributed by atoms with E-state index in [9.17, 15) is 79.2 Å². The van der Waals surface area contributed by atoms with E-state index in [0.29, 0.717) is 9.81 Å². The molecule has 332 valence electrons. The number of aromatic carboxylic acids is 8. The molecular formula is C44H30O20S. The second-order valence-corrected chi connectivity index (χ2v) is 14.8. The van der Waals surface area contributed by atoms with Gasteiger partial charge in [0.25, 0.3) is 11.6 Å². The minimum atomic E-state index is -1.87. The number of rotatable bonds is 18. The van der Waals surface area contributed by atoms with Crippen LogP contribution in [0.15, 0.2) is 119 Å². The number of ether oxygens (including phenoxy) is 4. The van der Waals surface area contributed by atoms with Gasteiger partial charge in [0.1, 0.15) is 23.0 Å². The summed E-state index contributed by atoms with van der Waals surface area (Å²) in [6.07, 6.45) is 8.77. The van der Waals surface area contributed by atoms with Crippen LogP contribution in [0.2, 0.25) is 0 Å². The molecule has 0 fully saturated rings. The third kappa shape index (κ3) is 10.3. The summed E-state index contributed by atoms with van der Waals surface area (Å²) in [5.41, 5.74) is -4.62. The Bertz CT molecular complexity index is 2500. The summed E-state index contributed by atoms with van der Waals surface area (Å²) in [4.78, 5) is 95.6. The number of benzene rings is 4. The molecule has 65 heavy (non-hydrogen) atoms. The highest BCUT2D eigenvalue weighted by Crippen LogP contribution is 2.41. The number of carboxylic acids is 8. The highest BCUT2D eigenvalue weighted by atomic mass is 32.2. The van der Waals surface area contributed by atoms with Gasteiger partial charge in [-0.25, -0.2) is 38.4 Å². The van der Waals surface area contributed by atoms with Crippen LogP contribution in [0.4, 0.5) is 0 Å². The maximum Gasteiger partial charge on any atom is 0.336 e. The molecule has 0 radical (unpaired) electrons. The fourth-order valence-electron chi connectivity index (χ4n) is 6.41. The van der Waals surface area contributed by atoms with Gasteiger partial charge in [0.15, 0.2) is 0 Å². The summed E-state index contributed by atoms with van der Waals surface area (Å²) in [6, 6.07) is 12.5. The van der Waals surface area contributed by atoms with E-state index in [4.69, 9.17) is 18.9 Å². The van der Waals surface area contributed by atoms with Gasteiger partial charge in [0.05, 0.1) is 44.5 Å². The van der Waals surface area contributed by atoms with Crippen LogP contribution in [-0.2, 0) is 0 Å². The third-order valence-electron chi connectivity index (χ3n) is 9.38. The molecule has 0 saturated heterocycles. The first-order chi connectivity index (χ1) is 30.7. The van der Waals surface area contributed by atoms with Gasteiger partial charge in [-0.05, 0) is 84.9 Å². The number of carboxylic acid groups (broad SMARTS) is 8. The first-order valence-corrected chi connectivity index (χ1v) is 19.2. The van der Waals surface area contributed by atoms with E-state index in [1.165, 1.54) is 60.3 Å². The molecule has 2 aliphatic carbocycles. The molecule has 21 heteroatoms. The second kappa shape index (κ2) is 18.2. The average Bonchev–Trinajstić information content (AvgIpc) is 3.24. The van der Waals surface area contributed by atoms with Crippen LogP contribution in [0, 0.1) is 0 Å². The normalized spacial score (nSPS) is 14.5. The number of carbonyl (C=O) groups is 8. The molecule has 0 amide bonds. The smallest absolute Gasteiger partial charge is 0.336 e. The Balaban J connectivity index is 1.31. The van der Waals surface area contributed by atoms with Gasteiger partial charge in [-0.1, -0.05) is 23.9 Å². The summed E-state index contributed by atoms with van der Waals surface area (Å²) >= 11 is 1.17. The summed E-state index contributed by atoms with van der Waals surface area (Å²) in [5.74, 6) is -16.8. The molecule has 0 atom stereocenters. The topological polar surface area (TPSA) is 335 Å². The van der Waals surface area contributed by atoms with Crippen molar-refractivity contribution in [1.29, 1.82) is 0 Å². The van der Waals surface area contributed by atoms with Gasteiger partial charge in [0.2, 0.25) is 0 Å². The van der Waals surface area contributed by atoms with E-state index >= 15 is 0 Å². The first-order valence-electron chi connectivity index (χ1n) is 18.3. The maximum absolute atomic E-state index is 11.9. The molecule has 8 N–H and O–H groups in total. The fraction of sp³-hybridized carbons (Fsp3) is 0.0909. The lowest BCUT2D eigenvalue weighted by Gasteiger charge is -2.34. The standard InChI is InChI=1S/C44H30O20S/c45-35(46)27-5-1-21(17-31(27)39(53)54)61-43(62-22-2-6-28(36(47)48)32(18-22)40(55)56)13-9-25(10-14-43)65-26-11-15-44(16-12-26,63-23-3-7-29(37(49)50)33(19-23)41(57)58)64-24-4-8-30(38(51)52)34(20-24)42(59)60/h1-13,15,17-20H,14,16H2,(H,45,46)(H,47,48)(H,49,50)(H,51,52)(H,53,54)(H,55,56)(H,57,58)(H,59,60). The zero-order valence-corrected chi connectivity index (χ0v) is 33.5. The van der Waals surface area contributed by atoms with Gasteiger partial charge in [-0.2, -0.15) is 0 Å². The largest absolute Gasteiger partial charge is 0.478 e. The summed E-state index contributed by atoms with van der Waals surface area (Å²) in [7, 11) is 0. The van der Waals surface area contributed by atoms with E-state index in [0.717, 1.165) is 48.5 Å². The quantitative estimate of drug-likeness (QED) is 0.0481. The van der Waals surface area contributed by atoms with Crippen molar-refractivity contribution in [2.45, 2.75) is 24.4 Å². The van der Waals surface area contributed by atoms with Gasteiger partial charge >= 0.3 is 47.8 Å². The molecule has 2 aliphatic rings. The molecule has 0 spiro atoms. The van der Waals surface area contributed by atoms with E-state index < -0.39 is 104 Å². The van der Waals surface area contributed by atoms with Gasteiger partial charge in [-0.15, -0.1) is 0 Å². The molecule has 4 aromatic rings. The van der Waals surface area contributed by atoms with Gasteiger partial charge in [0, 0.05) is 34.8 Å². The maximum atomic E-state index is 11.9. The van der Waals surface area contributed by atoms with Crippen LogP contribution in [0.5, 0.6) is 23.0 Å². The summed E-state index contributed by atoms with van der Waals surface area (Å²) in [5, 5.41) is 76.8. The number of hydrogen-bond acceptors (Lipinski definition) is 13. The van der Waals surface area contributed by atoms with Crippen molar-refractivity contribution in [2.75, 3.05) is 0 Å². The van der Waals surface area contributed by atoms with Crippen LogP contribution in [0.25, 0.3) is 0 Å². The lowest BCUT2D eigenvalue weighted by Crippen LogP contribution is -2.41. The average molecular weight is 911 g/mol. The highest BCUT2D eigenvalue weighted by molar-refractivity contribution is 8.07. The number of thioether (sulfide) groups is 1. The van der Waals surface area contributed by atoms with Crippen molar-refractivity contribution in [2.24, 2.45) is 0 Å². The van der Waals surface area contributed by atoms with Crippen LogP contribution in [-0.4, -0.2) is 100 Å². The van der Waals surface area contributed by atoms with E-state index in [-0.39, 0.29) is 35.8 Å². The van der Waals surface area contributed by atoms with Crippen LogP contribution in [0.1, 0.15) is 95.7 Å². The molecule has 0 unspecified atom stereocenters. The predicted octanol–water partition coefficient (Wildman–Crippen LogP) is 6.70. The predicted molar refractivity (Wildman–Crippen MR) is 221 cm³/mol. The van der Waals surface area contributed by atoms with Crippen molar-refractivity contribution < 1.29 is 98.2 Å². The molecule has 0 aromatic heterocycles. The minimum Gasteiger partial charge on any atom is -0.478 e. The van der Waals surface area contributed by atoms with E-state index in [1.54, 1.807) is 12.2 Å². The molecule has 6 rings (SSSR count). The van der Waals surface area contributed by atoms with Crippen LogP contribution < -0.4 is 18.9 Å². The van der Waals surface area contributed by atoms with Gasteiger partial charge in [-0.3, -0.25) is 0 Å². The van der Waals surface area contributed by atoms with Crippen LogP contribution in [0.3, 0.4) is 0 Å². The molecular weight excluding hydrogens is 881 g/mol. The molecule has 0 heterocycles.